The first-order valence-electron chi connectivity index (χ1n) is 14.1. The number of hydrogen-bond acceptors (Lipinski definition) is 3. The zero-order valence-electron chi connectivity index (χ0n) is 22.9. The molecule has 0 aromatic carbocycles. The molecule has 4 fully saturated rings. The maximum atomic E-state index is 13.2. The van der Waals surface area contributed by atoms with E-state index < -0.39 is 17.3 Å². The van der Waals surface area contributed by atoms with Gasteiger partial charge in [-0.05, 0) is 96.7 Å². The van der Waals surface area contributed by atoms with Crippen LogP contribution in [0.3, 0.4) is 0 Å². The quantitative estimate of drug-likeness (QED) is 0.415. The number of rotatable bonds is 1. The smallest absolute Gasteiger partial charge is 0.306 e. The van der Waals surface area contributed by atoms with Crippen molar-refractivity contribution in [2.75, 3.05) is 0 Å². The number of nitriles is 1. The third kappa shape index (κ3) is 3.02. The molecular formula is C31H45NO3. The van der Waals surface area contributed by atoms with Crippen LogP contribution in [0.1, 0.15) is 93.4 Å². The van der Waals surface area contributed by atoms with E-state index in [0.717, 1.165) is 38.5 Å². The van der Waals surface area contributed by atoms with E-state index >= 15 is 0 Å². The van der Waals surface area contributed by atoms with Crippen molar-refractivity contribution in [1.82, 2.24) is 0 Å². The number of nitrogens with zero attached hydrogens (tertiary/aromatic N) is 1. The fourth-order valence-electron chi connectivity index (χ4n) is 11.0. The maximum absolute atomic E-state index is 13.2. The molecule has 4 nitrogen and oxygen atoms in total. The first-order valence-corrected chi connectivity index (χ1v) is 14.1. The lowest BCUT2D eigenvalue weighted by molar-refractivity contribution is -0.188. The Bertz CT molecular complexity index is 1020. The molecule has 4 saturated carbocycles. The first kappa shape index (κ1) is 25.0. The highest BCUT2D eigenvalue weighted by molar-refractivity contribution is 5.89. The molecule has 10 unspecified atom stereocenters. The van der Waals surface area contributed by atoms with Crippen LogP contribution in [0.4, 0.5) is 0 Å². The summed E-state index contributed by atoms with van der Waals surface area (Å²) in [6.07, 6.45) is 9.25. The van der Waals surface area contributed by atoms with Gasteiger partial charge in [0.25, 0.3) is 0 Å². The van der Waals surface area contributed by atoms with Gasteiger partial charge in [-0.1, -0.05) is 60.1 Å². The minimum absolute atomic E-state index is 0.0399. The summed E-state index contributed by atoms with van der Waals surface area (Å²) in [5.74, 6) is 1.09. The summed E-state index contributed by atoms with van der Waals surface area (Å²) in [5.41, 5.74) is 1.21. The van der Waals surface area contributed by atoms with Crippen molar-refractivity contribution in [2.24, 2.45) is 69.0 Å². The molecule has 0 aliphatic heterocycles. The van der Waals surface area contributed by atoms with Gasteiger partial charge < -0.3 is 5.11 Å². The highest BCUT2D eigenvalue weighted by Crippen LogP contribution is 2.74. The Labute approximate surface area is 211 Å². The summed E-state index contributed by atoms with van der Waals surface area (Å²) in [6, 6.07) is 2.38. The zero-order valence-corrected chi connectivity index (χ0v) is 22.9. The number of aliphatic carboxylic acids is 1. The van der Waals surface area contributed by atoms with E-state index in [0.29, 0.717) is 36.0 Å². The zero-order chi connectivity index (χ0) is 25.7. The number of carbonyl (C=O) groups excluding carboxylic acids is 1. The number of allylic oxidation sites excluding steroid dienone is 2. The Balaban J connectivity index is 1.60. The molecule has 1 N–H and O–H groups in total. The topological polar surface area (TPSA) is 78.2 Å². The van der Waals surface area contributed by atoms with Gasteiger partial charge in [0.05, 0.1) is 12.0 Å². The molecule has 4 heteroatoms. The summed E-state index contributed by atoms with van der Waals surface area (Å²) >= 11 is 0. The van der Waals surface area contributed by atoms with Crippen molar-refractivity contribution in [3.63, 3.8) is 0 Å². The summed E-state index contributed by atoms with van der Waals surface area (Å²) < 4.78 is 0. The molecule has 0 radical (unpaired) electrons. The van der Waals surface area contributed by atoms with Gasteiger partial charge in [0, 0.05) is 5.41 Å². The fraction of sp³-hybridized carbons (Fsp3) is 0.839. The first-order chi connectivity index (χ1) is 16.2. The maximum Gasteiger partial charge on any atom is 0.306 e. The second-order valence-electron chi connectivity index (χ2n) is 14.5. The van der Waals surface area contributed by atoms with Crippen LogP contribution in [-0.4, -0.2) is 16.9 Å². The van der Waals surface area contributed by atoms with Gasteiger partial charge >= 0.3 is 5.97 Å². The summed E-state index contributed by atoms with van der Waals surface area (Å²) in [4.78, 5) is 25.5. The lowest BCUT2D eigenvalue weighted by atomic mass is 9.33. The number of ketones is 1. The molecule has 0 heterocycles. The molecule has 5 rings (SSSR count). The standard InChI is InChI=1S/C31H45NO3/c1-17-14-21(27(34)35)20-10-12-30(6)22(25(20)18(17)2)8-9-24-29(5)15-19(16-32)26(33)28(3,4)23(29)11-13-31(24,30)7/h8,17-21,23-25H,9-15H2,1-7H3,(H,34,35)/t17?,18?,19?,20?,21-,23?,24?,25?,29?,30?,31?/m1/s1. The summed E-state index contributed by atoms with van der Waals surface area (Å²) in [7, 11) is 0. The third-order valence-electron chi connectivity index (χ3n) is 13.1. The number of carboxylic acids is 1. The number of carboxylic acid groups (broad SMARTS) is 1. The summed E-state index contributed by atoms with van der Waals surface area (Å²) in [5, 5.41) is 20.0. The van der Waals surface area contributed by atoms with Crippen LogP contribution in [0, 0.1) is 80.3 Å². The minimum Gasteiger partial charge on any atom is -0.481 e. The Kier molecular flexibility index (Phi) is 5.50. The largest absolute Gasteiger partial charge is 0.481 e. The van der Waals surface area contributed by atoms with Gasteiger partial charge in [-0.25, -0.2) is 0 Å². The van der Waals surface area contributed by atoms with Gasteiger partial charge in [0.15, 0.2) is 5.78 Å². The number of Topliss-reactive ketones (excluding diaryl/α,β-unsaturated/α-hetero) is 1. The van der Waals surface area contributed by atoms with Crippen LogP contribution in [0.5, 0.6) is 0 Å². The van der Waals surface area contributed by atoms with E-state index in [-0.39, 0.29) is 33.9 Å². The van der Waals surface area contributed by atoms with Gasteiger partial charge in [-0.15, -0.1) is 0 Å². The lowest BCUT2D eigenvalue weighted by Gasteiger charge is -2.70. The molecule has 0 amide bonds. The molecule has 192 valence electrons. The van der Waals surface area contributed by atoms with Crippen molar-refractivity contribution >= 4 is 11.8 Å². The SMILES string of the molecule is CC1C[C@@H](C(=O)O)C2CCC3(C)C(=CCC4C5(C)CC(C#N)C(=O)C(C)(C)C5CCC43C)C2C1C. The minimum atomic E-state index is -0.604. The van der Waals surface area contributed by atoms with Gasteiger partial charge in [-0.2, -0.15) is 5.26 Å². The molecular weight excluding hydrogens is 434 g/mol. The van der Waals surface area contributed by atoms with Crippen molar-refractivity contribution < 1.29 is 14.7 Å². The molecule has 5 aliphatic rings. The van der Waals surface area contributed by atoms with Crippen LogP contribution in [0.15, 0.2) is 11.6 Å². The second-order valence-corrected chi connectivity index (χ2v) is 14.5. The number of hydrogen-bond donors (Lipinski definition) is 1. The number of carbonyl (C=O) groups is 2. The van der Waals surface area contributed by atoms with Gasteiger partial charge in [0.1, 0.15) is 5.92 Å². The van der Waals surface area contributed by atoms with E-state index in [9.17, 15) is 20.0 Å². The van der Waals surface area contributed by atoms with Gasteiger partial charge in [0.2, 0.25) is 0 Å². The molecule has 35 heavy (non-hydrogen) atoms. The molecule has 5 aliphatic carbocycles. The van der Waals surface area contributed by atoms with E-state index in [4.69, 9.17) is 0 Å². The number of fused-ring (bicyclic) bond motifs is 7. The van der Waals surface area contributed by atoms with Crippen LogP contribution in [0.2, 0.25) is 0 Å². The van der Waals surface area contributed by atoms with Crippen molar-refractivity contribution in [3.05, 3.63) is 11.6 Å². The third-order valence-corrected chi connectivity index (χ3v) is 13.1. The van der Waals surface area contributed by atoms with E-state index in [1.54, 1.807) is 5.57 Å². The van der Waals surface area contributed by atoms with Crippen LogP contribution in [0.25, 0.3) is 0 Å². The highest BCUT2D eigenvalue weighted by atomic mass is 16.4. The van der Waals surface area contributed by atoms with Crippen molar-refractivity contribution in [1.29, 1.82) is 5.26 Å². The van der Waals surface area contributed by atoms with Crippen LogP contribution in [-0.2, 0) is 9.59 Å². The fourth-order valence-corrected chi connectivity index (χ4v) is 11.0. The lowest BCUT2D eigenvalue weighted by Crippen LogP contribution is -2.65. The summed E-state index contributed by atoms with van der Waals surface area (Å²) in [6.45, 7) is 16.2. The predicted octanol–water partition coefficient (Wildman–Crippen LogP) is 6.90. The molecule has 0 aromatic heterocycles. The molecule has 0 aromatic rings. The average molecular weight is 480 g/mol. The predicted molar refractivity (Wildman–Crippen MR) is 136 cm³/mol. The average Bonchev–Trinajstić information content (AvgIpc) is 2.78. The molecule has 0 bridgehead atoms. The van der Waals surface area contributed by atoms with E-state index in [1.807, 2.05) is 0 Å². The molecule has 11 atom stereocenters. The van der Waals surface area contributed by atoms with Crippen LogP contribution < -0.4 is 0 Å². The van der Waals surface area contributed by atoms with Crippen molar-refractivity contribution in [2.45, 2.75) is 93.4 Å². The Morgan fingerprint density at radius 2 is 1.77 bits per heavy atom. The van der Waals surface area contributed by atoms with Crippen LogP contribution >= 0.6 is 0 Å². The van der Waals surface area contributed by atoms with E-state index in [2.05, 4.69) is 60.6 Å². The second kappa shape index (κ2) is 7.69. The Morgan fingerprint density at radius 1 is 1.09 bits per heavy atom. The monoisotopic (exact) mass is 479 g/mol. The van der Waals surface area contributed by atoms with Crippen molar-refractivity contribution in [3.8, 4) is 6.07 Å². The molecule has 0 saturated heterocycles. The highest BCUT2D eigenvalue weighted by Gasteiger charge is 2.68. The Hall–Kier alpha value is -1.63. The van der Waals surface area contributed by atoms with E-state index in [1.165, 1.54) is 0 Å². The normalized spacial score (nSPS) is 52.6. The molecule has 0 spiro atoms. The Morgan fingerprint density at radius 3 is 2.40 bits per heavy atom. The van der Waals surface area contributed by atoms with Gasteiger partial charge in [-0.3, -0.25) is 9.59 Å².